The molecule has 4 nitrogen and oxygen atoms in total. The van der Waals surface area contributed by atoms with Gasteiger partial charge in [0, 0.05) is 17.5 Å². The molecule has 0 aliphatic heterocycles. The van der Waals surface area contributed by atoms with Crippen LogP contribution >= 0.6 is 0 Å². The van der Waals surface area contributed by atoms with Crippen LogP contribution in [0.4, 0.5) is 0 Å². The number of hydrogen-bond donors (Lipinski definition) is 1. The normalized spacial score (nSPS) is 10.1. The molecule has 2 rings (SSSR count). The minimum atomic E-state index is -0.257. The fourth-order valence-electron chi connectivity index (χ4n) is 1.81. The molecular formula is C14H15NO3. The first-order valence-electron chi connectivity index (χ1n) is 5.62. The summed E-state index contributed by atoms with van der Waals surface area (Å²) >= 11 is 0. The lowest BCUT2D eigenvalue weighted by Crippen LogP contribution is -2.05. The van der Waals surface area contributed by atoms with Crippen molar-refractivity contribution in [2.45, 2.75) is 6.42 Å². The van der Waals surface area contributed by atoms with E-state index in [2.05, 4.69) is 9.72 Å². The van der Waals surface area contributed by atoms with Gasteiger partial charge >= 0.3 is 5.97 Å². The van der Waals surface area contributed by atoms with Gasteiger partial charge in [-0.2, -0.15) is 0 Å². The molecule has 0 amide bonds. The summed E-state index contributed by atoms with van der Waals surface area (Å²) in [6, 6.07) is 9.65. The highest BCUT2D eigenvalue weighted by atomic mass is 16.5. The van der Waals surface area contributed by atoms with E-state index in [1.54, 1.807) is 7.11 Å². The Morgan fingerprint density at radius 3 is 2.50 bits per heavy atom. The predicted octanol–water partition coefficient (Wildman–Crippen LogP) is 2.41. The zero-order chi connectivity index (χ0) is 13.0. The number of carbonyl (C=O) groups excluding carboxylic acids is 1. The lowest BCUT2D eigenvalue weighted by molar-refractivity contribution is -0.139. The second kappa shape index (κ2) is 5.40. The highest BCUT2D eigenvalue weighted by molar-refractivity contribution is 5.77. The highest BCUT2D eigenvalue weighted by Gasteiger charge is 2.10. The van der Waals surface area contributed by atoms with Gasteiger partial charge in [0.1, 0.15) is 5.75 Å². The molecule has 4 heteroatoms. The molecule has 0 radical (unpaired) electrons. The van der Waals surface area contributed by atoms with Gasteiger partial charge in [-0.3, -0.25) is 4.79 Å². The maximum absolute atomic E-state index is 11.3. The maximum Gasteiger partial charge on any atom is 0.311 e. The molecule has 0 fully saturated rings. The Bertz CT molecular complexity index is 528. The van der Waals surface area contributed by atoms with Crippen molar-refractivity contribution in [1.29, 1.82) is 0 Å². The van der Waals surface area contributed by atoms with Crippen LogP contribution in [0.5, 0.6) is 5.75 Å². The van der Waals surface area contributed by atoms with Crippen molar-refractivity contribution in [2.24, 2.45) is 0 Å². The van der Waals surface area contributed by atoms with E-state index in [1.807, 2.05) is 36.5 Å². The van der Waals surface area contributed by atoms with Crippen molar-refractivity contribution in [3.8, 4) is 16.9 Å². The summed E-state index contributed by atoms with van der Waals surface area (Å²) in [6.45, 7) is 0. The Kier molecular flexibility index (Phi) is 3.67. The molecule has 0 saturated carbocycles. The van der Waals surface area contributed by atoms with Gasteiger partial charge in [-0.05, 0) is 23.8 Å². The Hall–Kier alpha value is -2.23. The second-order valence-corrected chi connectivity index (χ2v) is 3.85. The number of H-pyrrole nitrogens is 1. The smallest absolute Gasteiger partial charge is 0.311 e. The molecule has 0 atom stereocenters. The lowest BCUT2D eigenvalue weighted by atomic mass is 10.0. The molecule has 1 heterocycles. The zero-order valence-corrected chi connectivity index (χ0v) is 10.4. The first kappa shape index (κ1) is 12.2. The van der Waals surface area contributed by atoms with E-state index in [9.17, 15) is 4.79 Å². The third kappa shape index (κ3) is 2.53. The summed E-state index contributed by atoms with van der Waals surface area (Å²) in [4.78, 5) is 14.4. The molecule has 0 spiro atoms. The molecule has 18 heavy (non-hydrogen) atoms. The third-order valence-corrected chi connectivity index (χ3v) is 2.78. The summed E-state index contributed by atoms with van der Waals surface area (Å²) in [6.07, 6.45) is 2.06. The monoisotopic (exact) mass is 245 g/mol. The number of aromatic nitrogens is 1. The number of nitrogens with one attached hydrogen (secondary N) is 1. The summed E-state index contributed by atoms with van der Waals surface area (Å²) < 4.78 is 9.79. The van der Waals surface area contributed by atoms with Crippen molar-refractivity contribution in [2.75, 3.05) is 14.2 Å². The lowest BCUT2D eigenvalue weighted by Gasteiger charge is -2.05. The number of esters is 1. The molecule has 2 aromatic rings. The van der Waals surface area contributed by atoms with Crippen molar-refractivity contribution in [3.05, 3.63) is 42.2 Å². The summed E-state index contributed by atoms with van der Waals surface area (Å²) in [5, 5.41) is 0. The Balaban J connectivity index is 2.27. The maximum atomic E-state index is 11.3. The number of rotatable bonds is 4. The van der Waals surface area contributed by atoms with Gasteiger partial charge in [0.15, 0.2) is 0 Å². The summed E-state index contributed by atoms with van der Waals surface area (Å²) in [7, 11) is 3.02. The molecule has 94 valence electrons. The van der Waals surface area contributed by atoms with E-state index < -0.39 is 0 Å². The standard InChI is InChI=1S/C14H15NO3/c1-17-11-5-3-10(4-6-11)12-7-8-15-13(12)9-14(16)18-2/h3-8,15H,9H2,1-2H3. The van der Waals surface area contributed by atoms with Crippen molar-refractivity contribution in [1.82, 2.24) is 4.98 Å². The molecule has 0 unspecified atom stereocenters. The van der Waals surface area contributed by atoms with Crippen molar-refractivity contribution >= 4 is 5.97 Å². The Morgan fingerprint density at radius 1 is 1.17 bits per heavy atom. The predicted molar refractivity (Wildman–Crippen MR) is 68.5 cm³/mol. The van der Waals surface area contributed by atoms with Gasteiger partial charge in [0.2, 0.25) is 0 Å². The van der Waals surface area contributed by atoms with Crippen molar-refractivity contribution in [3.63, 3.8) is 0 Å². The van der Waals surface area contributed by atoms with Crippen LogP contribution in [0.25, 0.3) is 11.1 Å². The van der Waals surface area contributed by atoms with E-state index >= 15 is 0 Å². The molecule has 1 N–H and O–H groups in total. The third-order valence-electron chi connectivity index (χ3n) is 2.78. The zero-order valence-electron chi connectivity index (χ0n) is 10.4. The molecular weight excluding hydrogens is 230 g/mol. The average molecular weight is 245 g/mol. The minimum Gasteiger partial charge on any atom is -0.497 e. The number of aromatic amines is 1. The van der Waals surface area contributed by atoms with E-state index in [-0.39, 0.29) is 12.4 Å². The largest absolute Gasteiger partial charge is 0.497 e. The van der Waals surface area contributed by atoms with Gasteiger partial charge in [0.25, 0.3) is 0 Å². The fourth-order valence-corrected chi connectivity index (χ4v) is 1.81. The topological polar surface area (TPSA) is 51.3 Å². The van der Waals surface area contributed by atoms with Gasteiger partial charge in [-0.25, -0.2) is 0 Å². The number of methoxy groups -OCH3 is 2. The molecule has 0 aliphatic rings. The number of ether oxygens (including phenoxy) is 2. The highest BCUT2D eigenvalue weighted by Crippen LogP contribution is 2.25. The van der Waals surface area contributed by atoms with Gasteiger partial charge < -0.3 is 14.5 Å². The van der Waals surface area contributed by atoms with E-state index in [0.29, 0.717) is 0 Å². The van der Waals surface area contributed by atoms with Gasteiger partial charge in [-0.1, -0.05) is 12.1 Å². The molecule has 0 aliphatic carbocycles. The van der Waals surface area contributed by atoms with E-state index in [4.69, 9.17) is 4.74 Å². The SMILES string of the molecule is COC(=O)Cc1[nH]ccc1-c1ccc(OC)cc1. The minimum absolute atomic E-state index is 0.241. The van der Waals surface area contributed by atoms with Crippen LogP contribution < -0.4 is 4.74 Å². The number of benzene rings is 1. The number of hydrogen-bond acceptors (Lipinski definition) is 3. The molecule has 1 aromatic carbocycles. The van der Waals surface area contributed by atoms with Crippen LogP contribution in [0.1, 0.15) is 5.69 Å². The fraction of sp³-hybridized carbons (Fsp3) is 0.214. The van der Waals surface area contributed by atoms with Crippen LogP contribution in [0.15, 0.2) is 36.5 Å². The average Bonchev–Trinajstić information content (AvgIpc) is 2.86. The number of carbonyl (C=O) groups is 1. The summed E-state index contributed by atoms with van der Waals surface area (Å²) in [5.74, 6) is 0.552. The van der Waals surface area contributed by atoms with Crippen LogP contribution in [0, 0.1) is 0 Å². The molecule has 0 bridgehead atoms. The summed E-state index contributed by atoms with van der Waals surface area (Å²) in [5.41, 5.74) is 2.89. The van der Waals surface area contributed by atoms with Crippen molar-refractivity contribution < 1.29 is 14.3 Å². The molecule has 0 saturated heterocycles. The van der Waals surface area contributed by atoms with Gasteiger partial charge in [0.05, 0.1) is 20.6 Å². The Labute approximate surface area is 106 Å². The molecule has 1 aromatic heterocycles. The van der Waals surface area contributed by atoms with Gasteiger partial charge in [-0.15, -0.1) is 0 Å². The van der Waals surface area contributed by atoms with Crippen LogP contribution in [0.3, 0.4) is 0 Å². The van der Waals surface area contributed by atoms with E-state index in [0.717, 1.165) is 22.6 Å². The van der Waals surface area contributed by atoms with E-state index in [1.165, 1.54) is 7.11 Å². The Morgan fingerprint density at radius 2 is 1.89 bits per heavy atom. The van der Waals surface area contributed by atoms with Crippen LogP contribution in [-0.4, -0.2) is 25.2 Å². The second-order valence-electron chi connectivity index (χ2n) is 3.85. The first-order valence-corrected chi connectivity index (χ1v) is 5.62. The first-order chi connectivity index (χ1) is 8.74. The van der Waals surface area contributed by atoms with Crippen LogP contribution in [-0.2, 0) is 16.0 Å². The van der Waals surface area contributed by atoms with Crippen LogP contribution in [0.2, 0.25) is 0 Å². The quantitative estimate of drug-likeness (QED) is 0.841.